The van der Waals surface area contributed by atoms with Crippen LogP contribution in [0.25, 0.3) is 11.0 Å². The van der Waals surface area contributed by atoms with Crippen LogP contribution in [0.3, 0.4) is 0 Å². The van der Waals surface area contributed by atoms with Crippen molar-refractivity contribution in [2.75, 3.05) is 13.1 Å². The van der Waals surface area contributed by atoms with E-state index in [0.717, 1.165) is 17.4 Å². The number of likely N-dealkylation sites (tertiary alicyclic amines) is 1. The fraction of sp³-hybridized carbons (Fsp3) is 0.467. The van der Waals surface area contributed by atoms with Crippen molar-refractivity contribution in [1.29, 1.82) is 0 Å². The van der Waals surface area contributed by atoms with Crippen LogP contribution in [0.5, 0.6) is 0 Å². The molecule has 0 aromatic carbocycles. The largest absolute Gasteiger partial charge is 0.336 e. The molecular weight excluding hydrogens is 298 g/mol. The Hall–Kier alpha value is -2.48. The van der Waals surface area contributed by atoms with Gasteiger partial charge in [0.05, 0.1) is 5.39 Å². The molecule has 23 heavy (non-hydrogen) atoms. The molecule has 1 aliphatic rings. The molecule has 2 aromatic heterocycles. The fourth-order valence-electron chi connectivity index (χ4n) is 2.93. The average Bonchev–Trinajstić information content (AvgIpc) is 2.57. The number of nitrogens with two attached hydrogens (primary N) is 1. The first-order valence-corrected chi connectivity index (χ1v) is 7.52. The first-order valence-electron chi connectivity index (χ1n) is 7.52. The molecule has 2 aromatic rings. The van der Waals surface area contributed by atoms with Crippen LogP contribution in [0, 0.1) is 0 Å². The molecule has 122 valence electrons. The summed E-state index contributed by atoms with van der Waals surface area (Å²) < 4.78 is 2.30. The molecule has 0 bridgehead atoms. The highest BCUT2D eigenvalue weighted by Gasteiger charge is 2.24. The van der Waals surface area contributed by atoms with Crippen molar-refractivity contribution < 1.29 is 4.79 Å². The number of carbonyl (C=O) groups is 1. The van der Waals surface area contributed by atoms with Crippen molar-refractivity contribution in [3.63, 3.8) is 0 Å². The first kappa shape index (κ1) is 15.4. The molecule has 2 N–H and O–H groups in total. The van der Waals surface area contributed by atoms with Crippen LogP contribution in [0.1, 0.15) is 23.3 Å². The van der Waals surface area contributed by atoms with Crippen LogP contribution >= 0.6 is 0 Å². The number of fused-ring (bicyclic) bond motifs is 1. The van der Waals surface area contributed by atoms with Crippen LogP contribution in [0.15, 0.2) is 21.7 Å². The molecule has 3 heterocycles. The maximum Gasteiger partial charge on any atom is 0.332 e. The lowest BCUT2D eigenvalue weighted by Gasteiger charge is -2.30. The van der Waals surface area contributed by atoms with Gasteiger partial charge in [-0.1, -0.05) is 0 Å². The molecule has 1 aliphatic heterocycles. The average molecular weight is 317 g/mol. The predicted molar refractivity (Wildman–Crippen MR) is 85.3 cm³/mol. The lowest BCUT2D eigenvalue weighted by atomic mass is 10.1. The molecule has 1 fully saturated rings. The lowest BCUT2D eigenvalue weighted by Crippen LogP contribution is -2.46. The molecule has 0 unspecified atom stereocenters. The SMILES string of the molecule is Cn1c(=O)c2ccc(C(=O)N3CCC[C@@H](N)C3)nc2n(C)c1=O. The minimum absolute atomic E-state index is 0.0233. The zero-order chi connectivity index (χ0) is 16.7. The molecule has 0 radical (unpaired) electrons. The highest BCUT2D eigenvalue weighted by molar-refractivity contribution is 5.94. The van der Waals surface area contributed by atoms with Crippen molar-refractivity contribution in [3.8, 4) is 0 Å². The van der Waals surface area contributed by atoms with E-state index in [1.54, 1.807) is 11.0 Å². The zero-order valence-electron chi connectivity index (χ0n) is 13.2. The van der Waals surface area contributed by atoms with Gasteiger partial charge >= 0.3 is 5.69 Å². The Kier molecular flexibility index (Phi) is 3.77. The minimum atomic E-state index is -0.473. The summed E-state index contributed by atoms with van der Waals surface area (Å²) in [6, 6.07) is 3.04. The van der Waals surface area contributed by atoms with Crippen molar-refractivity contribution in [3.05, 3.63) is 38.7 Å². The first-order chi connectivity index (χ1) is 10.9. The second kappa shape index (κ2) is 5.62. The topological polar surface area (TPSA) is 103 Å². The van der Waals surface area contributed by atoms with E-state index in [9.17, 15) is 14.4 Å². The number of pyridine rings is 1. The van der Waals surface area contributed by atoms with Crippen LogP contribution in [-0.2, 0) is 14.1 Å². The van der Waals surface area contributed by atoms with Gasteiger partial charge in [-0.15, -0.1) is 0 Å². The number of hydrogen-bond acceptors (Lipinski definition) is 5. The third-order valence-corrected chi connectivity index (χ3v) is 4.27. The van der Waals surface area contributed by atoms with Crippen molar-refractivity contribution >= 4 is 16.9 Å². The number of carbonyl (C=O) groups excluding carboxylic acids is 1. The lowest BCUT2D eigenvalue weighted by molar-refractivity contribution is 0.0703. The molecule has 0 saturated carbocycles. The highest BCUT2D eigenvalue weighted by atomic mass is 16.2. The van der Waals surface area contributed by atoms with Gasteiger partial charge in [0.15, 0.2) is 0 Å². The molecule has 1 amide bonds. The highest BCUT2D eigenvalue weighted by Crippen LogP contribution is 2.13. The van der Waals surface area contributed by atoms with Gasteiger partial charge < -0.3 is 10.6 Å². The number of hydrogen-bond donors (Lipinski definition) is 1. The van der Waals surface area contributed by atoms with E-state index in [1.165, 1.54) is 24.7 Å². The summed E-state index contributed by atoms with van der Waals surface area (Å²) in [5.74, 6) is -0.227. The van der Waals surface area contributed by atoms with Crippen molar-refractivity contribution in [1.82, 2.24) is 19.0 Å². The van der Waals surface area contributed by atoms with Crippen LogP contribution in [-0.4, -0.2) is 44.1 Å². The minimum Gasteiger partial charge on any atom is -0.336 e. The quantitative estimate of drug-likeness (QED) is 0.741. The number of nitrogens with zero attached hydrogens (tertiary/aromatic N) is 4. The molecule has 8 heteroatoms. The molecule has 8 nitrogen and oxygen atoms in total. The summed E-state index contributed by atoms with van der Waals surface area (Å²) in [5, 5.41) is 0.307. The molecule has 3 rings (SSSR count). The molecule has 0 spiro atoms. The van der Waals surface area contributed by atoms with Crippen LogP contribution in [0.2, 0.25) is 0 Å². The number of amides is 1. The molecule has 1 saturated heterocycles. The van der Waals surface area contributed by atoms with Crippen molar-refractivity contribution in [2.45, 2.75) is 18.9 Å². The van der Waals surface area contributed by atoms with E-state index in [-0.39, 0.29) is 23.3 Å². The van der Waals surface area contributed by atoms with Gasteiger partial charge in [-0.3, -0.25) is 18.7 Å². The number of rotatable bonds is 1. The van der Waals surface area contributed by atoms with E-state index in [0.29, 0.717) is 18.5 Å². The van der Waals surface area contributed by atoms with E-state index >= 15 is 0 Å². The van der Waals surface area contributed by atoms with Gasteiger partial charge in [0.1, 0.15) is 11.3 Å². The second-order valence-electron chi connectivity index (χ2n) is 5.93. The van der Waals surface area contributed by atoms with E-state index in [4.69, 9.17) is 5.73 Å². The molecular formula is C15H19N5O3. The third-order valence-electron chi connectivity index (χ3n) is 4.27. The fourth-order valence-corrected chi connectivity index (χ4v) is 2.93. The summed E-state index contributed by atoms with van der Waals surface area (Å²) in [4.78, 5) is 42.6. The summed E-state index contributed by atoms with van der Waals surface area (Å²) in [6.45, 7) is 1.13. The van der Waals surface area contributed by atoms with Gasteiger partial charge in [0.2, 0.25) is 0 Å². The Morgan fingerprint density at radius 1 is 1.26 bits per heavy atom. The summed E-state index contributed by atoms with van der Waals surface area (Å²) >= 11 is 0. The monoisotopic (exact) mass is 317 g/mol. The predicted octanol–water partition coefficient (Wildman–Crippen LogP) is -0.804. The Morgan fingerprint density at radius 2 is 2.00 bits per heavy atom. The van der Waals surface area contributed by atoms with E-state index in [2.05, 4.69) is 4.98 Å². The van der Waals surface area contributed by atoms with Crippen LogP contribution < -0.4 is 17.0 Å². The number of piperidine rings is 1. The van der Waals surface area contributed by atoms with Gasteiger partial charge in [-0.2, -0.15) is 0 Å². The summed E-state index contributed by atoms with van der Waals surface area (Å²) in [7, 11) is 2.94. The summed E-state index contributed by atoms with van der Waals surface area (Å²) in [6.07, 6.45) is 1.76. The standard InChI is InChI=1S/C15H19N5O3/c1-18-12-10(13(21)19(2)15(18)23)5-6-11(17-12)14(22)20-7-3-4-9(16)8-20/h5-6,9H,3-4,7-8,16H2,1-2H3/t9-/m1/s1. The maximum absolute atomic E-state index is 12.6. The Balaban J connectivity index is 2.08. The Bertz CT molecular complexity index is 898. The van der Waals surface area contributed by atoms with E-state index < -0.39 is 11.2 Å². The smallest absolute Gasteiger partial charge is 0.332 e. The third kappa shape index (κ3) is 2.55. The van der Waals surface area contributed by atoms with Gasteiger partial charge in [-0.25, -0.2) is 9.78 Å². The number of aromatic nitrogens is 3. The Labute approximate surface area is 132 Å². The van der Waals surface area contributed by atoms with E-state index in [1.807, 2.05) is 0 Å². The number of aryl methyl sites for hydroxylation is 1. The normalized spacial score (nSPS) is 18.4. The van der Waals surface area contributed by atoms with Gasteiger partial charge in [0.25, 0.3) is 11.5 Å². The van der Waals surface area contributed by atoms with Crippen molar-refractivity contribution in [2.24, 2.45) is 19.8 Å². The maximum atomic E-state index is 12.6. The Morgan fingerprint density at radius 3 is 2.70 bits per heavy atom. The van der Waals surface area contributed by atoms with Gasteiger partial charge in [-0.05, 0) is 25.0 Å². The summed E-state index contributed by atoms with van der Waals surface area (Å²) in [5.41, 5.74) is 5.44. The zero-order valence-corrected chi connectivity index (χ0v) is 13.2. The second-order valence-corrected chi connectivity index (χ2v) is 5.93. The molecule has 1 atom stereocenters. The van der Waals surface area contributed by atoms with Crippen LogP contribution in [0.4, 0.5) is 0 Å². The molecule has 0 aliphatic carbocycles. The van der Waals surface area contributed by atoms with Gasteiger partial charge in [0, 0.05) is 33.2 Å².